The van der Waals surface area contributed by atoms with Crippen molar-refractivity contribution in [2.24, 2.45) is 5.92 Å². The highest BCUT2D eigenvalue weighted by molar-refractivity contribution is 6.43. The van der Waals surface area contributed by atoms with Crippen molar-refractivity contribution < 1.29 is 19.6 Å². The van der Waals surface area contributed by atoms with Crippen LogP contribution in [-0.2, 0) is 11.2 Å². The van der Waals surface area contributed by atoms with Gasteiger partial charge in [-0.3, -0.25) is 14.6 Å². The lowest BCUT2D eigenvalue weighted by Crippen LogP contribution is -2.54. The van der Waals surface area contributed by atoms with Crippen LogP contribution in [0.4, 0.5) is 0 Å². The van der Waals surface area contributed by atoms with Crippen molar-refractivity contribution in [1.29, 1.82) is 0 Å². The Morgan fingerprint density at radius 3 is 2.38 bits per heavy atom. The topological polar surface area (TPSA) is 124 Å². The van der Waals surface area contributed by atoms with E-state index >= 15 is 0 Å². The van der Waals surface area contributed by atoms with E-state index in [9.17, 15) is 19.6 Å². The molecule has 0 aliphatic heterocycles. The zero-order valence-corrected chi connectivity index (χ0v) is 16.7. The lowest BCUT2D eigenvalue weighted by atomic mass is 9.75. The summed E-state index contributed by atoms with van der Waals surface area (Å²) < 4.78 is 0. The number of hydrogen-bond acceptors (Lipinski definition) is 6. The Bertz CT molecular complexity index is 775. The normalized spacial score (nSPS) is 12.9. The average molecular weight is 398 g/mol. The first-order valence-electron chi connectivity index (χ1n) is 9.64. The lowest BCUT2D eigenvalue weighted by molar-refractivity contribution is -0.123. The molecule has 0 bridgehead atoms. The Balaban J connectivity index is 2.14. The van der Waals surface area contributed by atoms with Gasteiger partial charge in [0.1, 0.15) is 11.7 Å². The Kier molecular flexibility index (Phi) is 8.76. The summed E-state index contributed by atoms with van der Waals surface area (Å²) >= 11 is 0. The minimum absolute atomic E-state index is 0.0944. The third-order valence-electron chi connectivity index (χ3n) is 4.44. The molecular formula is C20H27BN4O4. The van der Waals surface area contributed by atoms with Gasteiger partial charge in [0.15, 0.2) is 0 Å². The van der Waals surface area contributed by atoms with E-state index in [0.717, 1.165) is 12.0 Å². The van der Waals surface area contributed by atoms with Crippen molar-refractivity contribution in [3.05, 3.63) is 60.2 Å². The van der Waals surface area contributed by atoms with Crippen molar-refractivity contribution in [3.63, 3.8) is 0 Å². The summed E-state index contributed by atoms with van der Waals surface area (Å²) in [5.41, 5.74) is 0.951. The van der Waals surface area contributed by atoms with Gasteiger partial charge in [0, 0.05) is 18.8 Å². The number of aromatic nitrogens is 2. The molecule has 2 unspecified atom stereocenters. The minimum Gasteiger partial charge on any atom is -0.426 e. The van der Waals surface area contributed by atoms with Crippen LogP contribution in [0, 0.1) is 5.92 Å². The van der Waals surface area contributed by atoms with Gasteiger partial charge >= 0.3 is 7.12 Å². The summed E-state index contributed by atoms with van der Waals surface area (Å²) in [6.45, 7) is 4.03. The number of nitrogens with zero attached hydrogens (tertiary/aromatic N) is 2. The highest BCUT2D eigenvalue weighted by Crippen LogP contribution is 2.09. The molecule has 2 rings (SSSR count). The standard InChI is InChI=1S/C20H27BN4O4/c1-14(2)8-9-18(21(28)29)25-19(26)16(12-15-6-4-3-5-7-15)24-20(27)17-13-22-10-11-23-17/h3-7,10-11,13-14,16,18,28-29H,8-9,12H2,1-2H3,(H,24,27)(H,25,26). The van der Waals surface area contributed by atoms with E-state index < -0.39 is 30.9 Å². The zero-order chi connectivity index (χ0) is 21.2. The van der Waals surface area contributed by atoms with Gasteiger partial charge in [-0.15, -0.1) is 0 Å². The van der Waals surface area contributed by atoms with Crippen molar-refractivity contribution >= 4 is 18.9 Å². The Morgan fingerprint density at radius 2 is 1.79 bits per heavy atom. The fourth-order valence-electron chi connectivity index (χ4n) is 2.80. The lowest BCUT2D eigenvalue weighted by Gasteiger charge is -2.23. The molecule has 0 aliphatic carbocycles. The molecule has 1 aromatic heterocycles. The van der Waals surface area contributed by atoms with Gasteiger partial charge in [0.25, 0.3) is 5.91 Å². The van der Waals surface area contributed by atoms with Crippen molar-refractivity contribution in [2.75, 3.05) is 0 Å². The van der Waals surface area contributed by atoms with Crippen molar-refractivity contribution in [1.82, 2.24) is 20.6 Å². The minimum atomic E-state index is -1.69. The molecule has 2 atom stereocenters. The number of hydrogen-bond donors (Lipinski definition) is 4. The van der Waals surface area contributed by atoms with Crippen LogP contribution in [0.5, 0.6) is 0 Å². The van der Waals surface area contributed by atoms with Crippen LogP contribution in [0.25, 0.3) is 0 Å². The smallest absolute Gasteiger partial charge is 0.426 e. The first-order valence-corrected chi connectivity index (χ1v) is 9.64. The van der Waals surface area contributed by atoms with E-state index in [1.165, 1.54) is 18.6 Å². The molecule has 0 radical (unpaired) electrons. The van der Waals surface area contributed by atoms with Gasteiger partial charge in [-0.1, -0.05) is 44.2 Å². The fourth-order valence-corrected chi connectivity index (χ4v) is 2.80. The van der Waals surface area contributed by atoms with Crippen LogP contribution >= 0.6 is 0 Å². The van der Waals surface area contributed by atoms with Crippen LogP contribution in [0.3, 0.4) is 0 Å². The second-order valence-corrected chi connectivity index (χ2v) is 7.31. The summed E-state index contributed by atoms with van der Waals surface area (Å²) in [4.78, 5) is 33.2. The highest BCUT2D eigenvalue weighted by Gasteiger charge is 2.29. The molecule has 29 heavy (non-hydrogen) atoms. The highest BCUT2D eigenvalue weighted by atomic mass is 16.4. The SMILES string of the molecule is CC(C)CCC(NC(=O)C(Cc1ccccc1)NC(=O)c1cnccn1)B(O)O. The first-order chi connectivity index (χ1) is 13.9. The fraction of sp³-hybridized carbons (Fsp3) is 0.400. The summed E-state index contributed by atoms with van der Waals surface area (Å²) in [6, 6.07) is 8.35. The summed E-state index contributed by atoms with van der Waals surface area (Å²) in [5.74, 6) is -1.49. The third-order valence-corrected chi connectivity index (χ3v) is 4.44. The molecule has 2 amide bonds. The molecule has 154 valence electrons. The average Bonchev–Trinajstić information content (AvgIpc) is 2.71. The molecule has 1 heterocycles. The first kappa shape index (κ1) is 22.5. The predicted octanol–water partition coefficient (Wildman–Crippen LogP) is 0.751. The molecule has 9 heteroatoms. The van der Waals surface area contributed by atoms with Gasteiger partial charge < -0.3 is 20.7 Å². The number of benzene rings is 1. The largest absolute Gasteiger partial charge is 0.475 e. The van der Waals surface area contributed by atoms with E-state index in [-0.39, 0.29) is 12.1 Å². The van der Waals surface area contributed by atoms with Gasteiger partial charge in [-0.25, -0.2) is 4.98 Å². The maximum Gasteiger partial charge on any atom is 0.475 e. The van der Waals surface area contributed by atoms with Crippen LogP contribution in [0.1, 0.15) is 42.7 Å². The number of carbonyl (C=O) groups is 2. The number of amides is 2. The Labute approximate surface area is 170 Å². The van der Waals surface area contributed by atoms with Gasteiger partial charge in [-0.05, 0) is 24.3 Å². The van der Waals surface area contributed by atoms with Crippen LogP contribution in [0.15, 0.2) is 48.9 Å². The van der Waals surface area contributed by atoms with Crippen LogP contribution in [-0.4, -0.2) is 50.9 Å². The molecule has 0 aliphatic rings. The van der Waals surface area contributed by atoms with E-state index in [1.54, 1.807) is 0 Å². The summed E-state index contributed by atoms with van der Waals surface area (Å²) in [6.07, 6.45) is 5.54. The van der Waals surface area contributed by atoms with E-state index in [2.05, 4.69) is 20.6 Å². The monoisotopic (exact) mass is 398 g/mol. The molecule has 0 fully saturated rings. The van der Waals surface area contributed by atoms with Crippen molar-refractivity contribution in [3.8, 4) is 0 Å². The maximum absolute atomic E-state index is 12.9. The summed E-state index contributed by atoms with van der Waals surface area (Å²) in [7, 11) is -1.69. The maximum atomic E-state index is 12.9. The molecule has 0 spiro atoms. The van der Waals surface area contributed by atoms with Crippen LogP contribution in [0.2, 0.25) is 0 Å². The second-order valence-electron chi connectivity index (χ2n) is 7.31. The summed E-state index contributed by atoms with van der Waals surface area (Å²) in [5, 5.41) is 24.6. The number of carbonyl (C=O) groups excluding carboxylic acids is 2. The van der Waals surface area contributed by atoms with Crippen LogP contribution < -0.4 is 10.6 Å². The number of rotatable bonds is 10. The van der Waals surface area contributed by atoms with E-state index in [0.29, 0.717) is 12.3 Å². The molecule has 2 aromatic rings. The molecular weight excluding hydrogens is 371 g/mol. The van der Waals surface area contributed by atoms with Gasteiger partial charge in [-0.2, -0.15) is 0 Å². The molecule has 8 nitrogen and oxygen atoms in total. The predicted molar refractivity (Wildman–Crippen MR) is 110 cm³/mol. The van der Waals surface area contributed by atoms with E-state index in [1.807, 2.05) is 44.2 Å². The molecule has 4 N–H and O–H groups in total. The molecule has 0 saturated heterocycles. The Hall–Kier alpha value is -2.78. The molecule has 0 saturated carbocycles. The Morgan fingerprint density at radius 1 is 1.07 bits per heavy atom. The quantitative estimate of drug-likeness (QED) is 0.438. The van der Waals surface area contributed by atoms with E-state index in [4.69, 9.17) is 0 Å². The zero-order valence-electron chi connectivity index (χ0n) is 16.7. The third kappa shape index (κ3) is 7.63. The van der Waals surface area contributed by atoms with Gasteiger partial charge in [0.05, 0.1) is 12.1 Å². The second kappa shape index (κ2) is 11.3. The van der Waals surface area contributed by atoms with Crippen molar-refractivity contribution in [2.45, 2.75) is 45.1 Å². The van der Waals surface area contributed by atoms with Gasteiger partial charge in [0.2, 0.25) is 5.91 Å². The molecule has 1 aromatic carbocycles. The number of nitrogens with one attached hydrogen (secondary N) is 2.